The highest BCUT2D eigenvalue weighted by atomic mass is 19.4. The number of benzene rings is 3. The minimum absolute atomic E-state index is 0.177. The molecule has 216 valence electrons. The highest BCUT2D eigenvalue weighted by molar-refractivity contribution is 6.00. The van der Waals surface area contributed by atoms with E-state index in [1.54, 1.807) is 24.3 Å². The molecule has 1 aromatic heterocycles. The number of urea groups is 1. The number of ether oxygens (including phenoxy) is 2. The number of amides is 2. The molecule has 0 fully saturated rings. The number of hydrogen-bond donors (Lipinski definition) is 3. The Morgan fingerprint density at radius 2 is 1.71 bits per heavy atom. The van der Waals surface area contributed by atoms with Crippen LogP contribution in [-0.2, 0) is 19.5 Å². The van der Waals surface area contributed by atoms with Gasteiger partial charge in [-0.15, -0.1) is 13.2 Å². The fraction of sp³-hybridized carbons (Fsp3) is 0.167. The lowest BCUT2D eigenvalue weighted by atomic mass is 9.98. The molecule has 3 aromatic carbocycles. The third-order valence-electron chi connectivity index (χ3n) is 6.48. The molecule has 1 aliphatic heterocycles. The molecule has 3 N–H and O–H groups in total. The summed E-state index contributed by atoms with van der Waals surface area (Å²) in [6, 6.07) is 20.0. The van der Waals surface area contributed by atoms with E-state index >= 15 is 0 Å². The Morgan fingerprint density at radius 3 is 2.43 bits per heavy atom. The highest BCUT2D eigenvalue weighted by Gasteiger charge is 2.31. The molecule has 9 nitrogen and oxygen atoms in total. The number of pyridine rings is 1. The number of nitrogens with one attached hydrogen (secondary N) is 2. The van der Waals surface area contributed by atoms with E-state index in [4.69, 9.17) is 9.84 Å². The summed E-state index contributed by atoms with van der Waals surface area (Å²) in [5.41, 5.74) is 3.93. The second-order valence-corrected chi connectivity index (χ2v) is 9.47. The standard InChI is InChI=1S/C30H25F3N4O5/c31-30(32,33)42-23-12-10-22(11-13-23)35-29(40)36-25-4-2-15-34-27(25)41-26-5-1-3-21-18-37(16-14-24(21)26)17-19-6-8-20(9-7-19)28(38)39/h1-13,15H,14,16-18H2,(H,38,39)(H2,35,36,40). The van der Waals surface area contributed by atoms with Crippen molar-refractivity contribution < 1.29 is 37.3 Å². The first-order valence-electron chi connectivity index (χ1n) is 12.8. The maximum Gasteiger partial charge on any atom is 0.573 e. The second kappa shape index (κ2) is 12.2. The molecule has 2 amide bonds. The molecule has 5 rings (SSSR count). The average Bonchev–Trinajstić information content (AvgIpc) is 2.95. The zero-order valence-corrected chi connectivity index (χ0v) is 22.0. The van der Waals surface area contributed by atoms with Crippen LogP contribution in [0.1, 0.15) is 27.0 Å². The summed E-state index contributed by atoms with van der Waals surface area (Å²) < 4.78 is 47.1. The fourth-order valence-electron chi connectivity index (χ4n) is 4.57. The second-order valence-electron chi connectivity index (χ2n) is 9.47. The van der Waals surface area contributed by atoms with Crippen LogP contribution in [0.5, 0.6) is 17.4 Å². The van der Waals surface area contributed by atoms with Gasteiger partial charge < -0.3 is 25.2 Å². The molecular formula is C30H25F3N4O5. The first-order chi connectivity index (χ1) is 20.1. The van der Waals surface area contributed by atoms with Crippen molar-refractivity contribution in [2.24, 2.45) is 0 Å². The number of hydrogen-bond acceptors (Lipinski definition) is 6. The van der Waals surface area contributed by atoms with Crippen LogP contribution in [0.3, 0.4) is 0 Å². The van der Waals surface area contributed by atoms with Crippen molar-refractivity contribution >= 4 is 23.4 Å². The third-order valence-corrected chi connectivity index (χ3v) is 6.48. The molecule has 4 aromatic rings. The molecule has 1 aliphatic rings. The first kappa shape index (κ1) is 28.4. The molecule has 0 bridgehead atoms. The van der Waals surface area contributed by atoms with Gasteiger partial charge in [0, 0.05) is 37.1 Å². The Labute approximate surface area is 238 Å². The molecule has 0 aliphatic carbocycles. The van der Waals surface area contributed by atoms with E-state index < -0.39 is 24.1 Å². The Kier molecular flexibility index (Phi) is 8.25. The van der Waals surface area contributed by atoms with Crippen LogP contribution in [-0.4, -0.2) is 39.9 Å². The number of nitrogens with zero attached hydrogens (tertiary/aromatic N) is 2. The molecule has 2 heterocycles. The number of carboxylic acid groups (broad SMARTS) is 1. The lowest BCUT2D eigenvalue weighted by Gasteiger charge is -2.30. The van der Waals surface area contributed by atoms with Gasteiger partial charge in [-0.2, -0.15) is 0 Å². The Balaban J connectivity index is 1.23. The number of rotatable bonds is 8. The Bertz CT molecular complexity index is 1580. The van der Waals surface area contributed by atoms with Crippen molar-refractivity contribution in [2.45, 2.75) is 25.9 Å². The van der Waals surface area contributed by atoms with Crippen LogP contribution in [0.4, 0.5) is 29.3 Å². The maximum absolute atomic E-state index is 12.6. The number of fused-ring (bicyclic) bond motifs is 1. The van der Waals surface area contributed by atoms with E-state index in [0.717, 1.165) is 35.4 Å². The normalized spacial score (nSPS) is 13.1. The minimum Gasteiger partial charge on any atom is -0.478 e. The summed E-state index contributed by atoms with van der Waals surface area (Å²) >= 11 is 0. The Hall–Kier alpha value is -5.10. The number of aromatic nitrogens is 1. The Morgan fingerprint density at radius 1 is 0.952 bits per heavy atom. The van der Waals surface area contributed by atoms with Gasteiger partial charge in [-0.05, 0) is 72.1 Å². The van der Waals surface area contributed by atoms with Gasteiger partial charge in [-0.3, -0.25) is 4.90 Å². The number of carbonyl (C=O) groups excluding carboxylic acids is 1. The van der Waals surface area contributed by atoms with E-state index in [1.807, 2.05) is 30.3 Å². The van der Waals surface area contributed by atoms with E-state index in [1.165, 1.54) is 18.3 Å². The maximum atomic E-state index is 12.6. The van der Waals surface area contributed by atoms with Gasteiger partial charge in [0.15, 0.2) is 0 Å². The van der Waals surface area contributed by atoms with Gasteiger partial charge in [0.05, 0.1) is 5.56 Å². The first-order valence-corrected chi connectivity index (χ1v) is 12.8. The van der Waals surface area contributed by atoms with Crippen LogP contribution in [0.15, 0.2) is 85.1 Å². The monoisotopic (exact) mass is 578 g/mol. The van der Waals surface area contributed by atoms with Crippen LogP contribution < -0.4 is 20.1 Å². The van der Waals surface area contributed by atoms with Gasteiger partial charge in [-0.25, -0.2) is 14.6 Å². The summed E-state index contributed by atoms with van der Waals surface area (Å²) in [6.45, 7) is 2.11. The quantitative estimate of drug-likeness (QED) is 0.214. The van der Waals surface area contributed by atoms with Crippen molar-refractivity contribution in [3.05, 3.63) is 107 Å². The highest BCUT2D eigenvalue weighted by Crippen LogP contribution is 2.34. The largest absolute Gasteiger partial charge is 0.573 e. The fourth-order valence-corrected chi connectivity index (χ4v) is 4.57. The van der Waals surface area contributed by atoms with E-state index in [9.17, 15) is 22.8 Å². The predicted molar refractivity (Wildman–Crippen MR) is 148 cm³/mol. The third kappa shape index (κ3) is 7.34. The number of aromatic carboxylic acids is 1. The zero-order chi connectivity index (χ0) is 29.7. The van der Waals surface area contributed by atoms with Crippen molar-refractivity contribution in [1.29, 1.82) is 0 Å². The molecule has 0 saturated carbocycles. The number of anilines is 2. The summed E-state index contributed by atoms with van der Waals surface area (Å²) in [4.78, 5) is 30.3. The smallest absolute Gasteiger partial charge is 0.478 e. The molecular weight excluding hydrogens is 553 g/mol. The van der Waals surface area contributed by atoms with Gasteiger partial charge in [0.25, 0.3) is 0 Å². The van der Waals surface area contributed by atoms with Crippen molar-refractivity contribution in [3.63, 3.8) is 0 Å². The molecule has 0 atom stereocenters. The molecule has 0 unspecified atom stereocenters. The number of alkyl halides is 3. The lowest BCUT2D eigenvalue weighted by molar-refractivity contribution is -0.274. The molecule has 0 saturated heterocycles. The van der Waals surface area contributed by atoms with Crippen LogP contribution in [0.2, 0.25) is 0 Å². The number of carboxylic acids is 1. The van der Waals surface area contributed by atoms with E-state index in [-0.39, 0.29) is 17.1 Å². The van der Waals surface area contributed by atoms with E-state index in [2.05, 4.69) is 25.3 Å². The molecule has 0 spiro atoms. The predicted octanol–water partition coefficient (Wildman–Crippen LogP) is 6.67. The minimum atomic E-state index is -4.81. The van der Waals surface area contributed by atoms with E-state index in [0.29, 0.717) is 30.9 Å². The van der Waals surface area contributed by atoms with Gasteiger partial charge in [-0.1, -0.05) is 24.3 Å². The molecule has 0 radical (unpaired) electrons. The van der Waals surface area contributed by atoms with Crippen LogP contribution in [0, 0.1) is 0 Å². The number of carbonyl (C=O) groups is 2. The van der Waals surface area contributed by atoms with Crippen LogP contribution in [0.25, 0.3) is 0 Å². The average molecular weight is 579 g/mol. The SMILES string of the molecule is O=C(Nc1ccc(OC(F)(F)F)cc1)Nc1cccnc1Oc1cccc2c1CCN(Cc1ccc(C(=O)O)cc1)C2. The van der Waals surface area contributed by atoms with Gasteiger partial charge in [0.1, 0.15) is 17.2 Å². The summed E-state index contributed by atoms with van der Waals surface area (Å²) in [5.74, 6) is -0.572. The summed E-state index contributed by atoms with van der Waals surface area (Å²) in [5, 5.41) is 14.3. The summed E-state index contributed by atoms with van der Waals surface area (Å²) in [7, 11) is 0. The molecule has 12 heteroatoms. The summed E-state index contributed by atoms with van der Waals surface area (Å²) in [6.07, 6.45) is -2.56. The molecule has 42 heavy (non-hydrogen) atoms. The van der Waals surface area contributed by atoms with Crippen LogP contribution >= 0.6 is 0 Å². The number of halogens is 3. The van der Waals surface area contributed by atoms with Crippen molar-refractivity contribution in [3.8, 4) is 17.4 Å². The zero-order valence-electron chi connectivity index (χ0n) is 22.0. The van der Waals surface area contributed by atoms with Gasteiger partial charge in [0.2, 0.25) is 5.88 Å². The van der Waals surface area contributed by atoms with Crippen molar-refractivity contribution in [1.82, 2.24) is 9.88 Å². The van der Waals surface area contributed by atoms with Crippen molar-refractivity contribution in [2.75, 3.05) is 17.2 Å². The van der Waals surface area contributed by atoms with Gasteiger partial charge >= 0.3 is 18.4 Å². The lowest BCUT2D eigenvalue weighted by Crippen LogP contribution is -2.30. The topological polar surface area (TPSA) is 113 Å².